The monoisotopic (exact) mass is 216 g/mol. The van der Waals surface area contributed by atoms with Crippen LogP contribution in [0.25, 0.3) is 0 Å². The van der Waals surface area contributed by atoms with Gasteiger partial charge in [-0.05, 0) is 13.5 Å². The Morgan fingerprint density at radius 1 is 1.40 bits per heavy atom. The van der Waals surface area contributed by atoms with Gasteiger partial charge in [-0.25, -0.2) is 0 Å². The fourth-order valence-corrected chi connectivity index (χ4v) is 1.84. The van der Waals surface area contributed by atoms with E-state index in [4.69, 9.17) is 9.84 Å². The van der Waals surface area contributed by atoms with E-state index in [1.54, 1.807) is 0 Å². The molecule has 5 nitrogen and oxygen atoms in total. The van der Waals surface area contributed by atoms with Gasteiger partial charge in [-0.1, -0.05) is 0 Å². The Morgan fingerprint density at radius 2 is 2.00 bits per heavy atom. The van der Waals surface area contributed by atoms with Crippen molar-refractivity contribution in [2.75, 3.05) is 46.9 Å². The van der Waals surface area contributed by atoms with E-state index in [1.165, 1.54) is 7.11 Å². The molecule has 88 valence electrons. The van der Waals surface area contributed by atoms with Crippen LogP contribution in [0.4, 0.5) is 0 Å². The SMILES string of the molecule is COC(=O)C(CCO)N1CCN(C)CC1. The third-order valence-electron chi connectivity index (χ3n) is 2.85. The van der Waals surface area contributed by atoms with Gasteiger partial charge in [-0.15, -0.1) is 0 Å². The number of methoxy groups -OCH3 is 1. The van der Waals surface area contributed by atoms with Crippen LogP contribution >= 0.6 is 0 Å². The Kier molecular flexibility index (Phi) is 5.01. The Morgan fingerprint density at radius 3 is 2.47 bits per heavy atom. The maximum Gasteiger partial charge on any atom is 0.323 e. The van der Waals surface area contributed by atoms with Crippen LogP contribution in [0.15, 0.2) is 0 Å². The number of carbonyl (C=O) groups excluding carboxylic acids is 1. The van der Waals surface area contributed by atoms with Crippen LogP contribution in [-0.2, 0) is 9.53 Å². The number of ether oxygens (including phenoxy) is 1. The minimum atomic E-state index is -0.284. The molecule has 1 unspecified atom stereocenters. The molecule has 1 aliphatic rings. The summed E-state index contributed by atoms with van der Waals surface area (Å²) in [5.41, 5.74) is 0. The van der Waals surface area contributed by atoms with Crippen molar-refractivity contribution in [2.45, 2.75) is 12.5 Å². The Labute approximate surface area is 90.6 Å². The molecule has 0 aromatic rings. The summed E-state index contributed by atoms with van der Waals surface area (Å²) in [6, 6.07) is -0.284. The molecule has 0 spiro atoms. The molecule has 5 heteroatoms. The number of carbonyl (C=O) groups is 1. The number of aliphatic hydroxyl groups is 1. The summed E-state index contributed by atoms with van der Waals surface area (Å²) in [4.78, 5) is 15.8. The quantitative estimate of drug-likeness (QED) is 0.621. The predicted octanol–water partition coefficient (Wildman–Crippen LogP) is -0.842. The molecule has 0 saturated carbocycles. The first kappa shape index (κ1) is 12.4. The lowest BCUT2D eigenvalue weighted by molar-refractivity contribution is -0.148. The number of esters is 1. The van der Waals surface area contributed by atoms with Crippen LogP contribution < -0.4 is 0 Å². The van der Waals surface area contributed by atoms with Crippen LogP contribution in [0, 0.1) is 0 Å². The maximum absolute atomic E-state index is 11.5. The summed E-state index contributed by atoms with van der Waals surface area (Å²) in [7, 11) is 3.46. The van der Waals surface area contributed by atoms with Gasteiger partial charge in [0.15, 0.2) is 0 Å². The van der Waals surface area contributed by atoms with Gasteiger partial charge in [0.1, 0.15) is 6.04 Å². The van der Waals surface area contributed by atoms with Crippen molar-refractivity contribution in [1.29, 1.82) is 0 Å². The molecule has 0 aromatic heterocycles. The molecule has 1 fully saturated rings. The average Bonchev–Trinajstić information content (AvgIpc) is 2.26. The Hall–Kier alpha value is -0.650. The molecule has 1 heterocycles. The second-order valence-corrected chi connectivity index (χ2v) is 3.89. The fraction of sp³-hybridized carbons (Fsp3) is 0.900. The highest BCUT2D eigenvalue weighted by atomic mass is 16.5. The van der Waals surface area contributed by atoms with Gasteiger partial charge in [0.2, 0.25) is 0 Å². The molecule has 0 bridgehead atoms. The summed E-state index contributed by atoms with van der Waals surface area (Å²) in [6.07, 6.45) is 0.455. The Balaban J connectivity index is 2.51. The number of nitrogens with zero attached hydrogens (tertiary/aromatic N) is 2. The third kappa shape index (κ3) is 3.44. The van der Waals surface area contributed by atoms with E-state index in [2.05, 4.69) is 16.8 Å². The standard InChI is InChI=1S/C10H20N2O3/c1-11-4-6-12(7-5-11)9(3-8-13)10(14)15-2/h9,13H,3-8H2,1-2H3. The summed E-state index contributed by atoms with van der Waals surface area (Å²) < 4.78 is 4.74. The fourth-order valence-electron chi connectivity index (χ4n) is 1.84. The Bertz CT molecular complexity index is 203. The third-order valence-corrected chi connectivity index (χ3v) is 2.85. The molecule has 0 aromatic carbocycles. The van der Waals surface area contributed by atoms with Gasteiger partial charge in [0.25, 0.3) is 0 Å². The summed E-state index contributed by atoms with van der Waals surface area (Å²) >= 11 is 0. The van der Waals surface area contributed by atoms with Crippen LogP contribution in [0.5, 0.6) is 0 Å². The number of aliphatic hydroxyl groups excluding tert-OH is 1. The molecular weight excluding hydrogens is 196 g/mol. The van der Waals surface area contributed by atoms with Gasteiger partial charge < -0.3 is 14.7 Å². The number of rotatable bonds is 4. The zero-order valence-electron chi connectivity index (χ0n) is 9.48. The second kappa shape index (κ2) is 6.05. The zero-order valence-corrected chi connectivity index (χ0v) is 9.48. The predicted molar refractivity (Wildman–Crippen MR) is 56.6 cm³/mol. The first-order chi connectivity index (χ1) is 7.19. The molecule has 0 amide bonds. The van der Waals surface area contributed by atoms with Gasteiger partial charge in [0, 0.05) is 32.8 Å². The minimum Gasteiger partial charge on any atom is -0.468 e. The van der Waals surface area contributed by atoms with E-state index in [9.17, 15) is 4.79 Å². The normalized spacial score (nSPS) is 21.3. The van der Waals surface area contributed by atoms with Gasteiger partial charge >= 0.3 is 5.97 Å². The van der Waals surface area contributed by atoms with Crippen LogP contribution in [0.2, 0.25) is 0 Å². The van der Waals surface area contributed by atoms with Crippen LogP contribution in [0.1, 0.15) is 6.42 Å². The second-order valence-electron chi connectivity index (χ2n) is 3.89. The highest BCUT2D eigenvalue weighted by Crippen LogP contribution is 2.09. The zero-order chi connectivity index (χ0) is 11.3. The molecule has 1 aliphatic heterocycles. The first-order valence-electron chi connectivity index (χ1n) is 5.30. The first-order valence-corrected chi connectivity index (χ1v) is 5.30. The lowest BCUT2D eigenvalue weighted by Crippen LogP contribution is -2.52. The highest BCUT2D eigenvalue weighted by molar-refractivity contribution is 5.75. The number of hydrogen-bond donors (Lipinski definition) is 1. The molecule has 1 atom stereocenters. The van der Waals surface area contributed by atoms with Crippen molar-refractivity contribution < 1.29 is 14.6 Å². The molecular formula is C10H20N2O3. The van der Waals surface area contributed by atoms with Gasteiger partial charge in [-0.2, -0.15) is 0 Å². The molecule has 15 heavy (non-hydrogen) atoms. The van der Waals surface area contributed by atoms with Crippen molar-refractivity contribution in [3.8, 4) is 0 Å². The molecule has 1 saturated heterocycles. The van der Waals surface area contributed by atoms with Crippen molar-refractivity contribution >= 4 is 5.97 Å². The van der Waals surface area contributed by atoms with E-state index in [1.807, 2.05) is 0 Å². The molecule has 1 rings (SSSR count). The molecule has 1 N–H and O–H groups in total. The van der Waals surface area contributed by atoms with Gasteiger partial charge in [-0.3, -0.25) is 9.69 Å². The van der Waals surface area contributed by atoms with E-state index in [0.29, 0.717) is 6.42 Å². The van der Waals surface area contributed by atoms with E-state index in [-0.39, 0.29) is 18.6 Å². The summed E-state index contributed by atoms with van der Waals surface area (Å²) in [6.45, 7) is 3.65. The van der Waals surface area contributed by atoms with Crippen molar-refractivity contribution in [3.63, 3.8) is 0 Å². The smallest absolute Gasteiger partial charge is 0.323 e. The molecule has 0 aliphatic carbocycles. The largest absolute Gasteiger partial charge is 0.468 e. The van der Waals surface area contributed by atoms with E-state index >= 15 is 0 Å². The maximum atomic E-state index is 11.5. The summed E-state index contributed by atoms with van der Waals surface area (Å²) in [5.74, 6) is -0.242. The number of likely N-dealkylation sites (N-methyl/N-ethyl adjacent to an activating group) is 1. The average molecular weight is 216 g/mol. The number of hydrogen-bond acceptors (Lipinski definition) is 5. The van der Waals surface area contributed by atoms with Crippen molar-refractivity contribution in [2.24, 2.45) is 0 Å². The lowest BCUT2D eigenvalue weighted by Gasteiger charge is -2.36. The van der Waals surface area contributed by atoms with E-state index in [0.717, 1.165) is 26.2 Å². The highest BCUT2D eigenvalue weighted by Gasteiger charge is 2.28. The van der Waals surface area contributed by atoms with E-state index < -0.39 is 0 Å². The van der Waals surface area contributed by atoms with Crippen molar-refractivity contribution in [3.05, 3.63) is 0 Å². The summed E-state index contributed by atoms with van der Waals surface area (Å²) in [5, 5.41) is 8.92. The van der Waals surface area contributed by atoms with Crippen molar-refractivity contribution in [1.82, 2.24) is 9.80 Å². The van der Waals surface area contributed by atoms with Crippen LogP contribution in [0.3, 0.4) is 0 Å². The molecule has 0 radical (unpaired) electrons. The lowest BCUT2D eigenvalue weighted by atomic mass is 10.1. The minimum absolute atomic E-state index is 0.0199. The van der Waals surface area contributed by atoms with Gasteiger partial charge in [0.05, 0.1) is 7.11 Å². The topological polar surface area (TPSA) is 53.0 Å². The van der Waals surface area contributed by atoms with Crippen LogP contribution in [-0.4, -0.2) is 73.9 Å². The number of piperazine rings is 1.